The average molecular weight is 315 g/mol. The molecular formula is C14H25N3O3S. The number of hydrogen-bond acceptors (Lipinski definition) is 4. The third kappa shape index (κ3) is 4.06. The van der Waals surface area contributed by atoms with E-state index in [0.717, 1.165) is 25.0 Å². The minimum atomic E-state index is -3.42. The summed E-state index contributed by atoms with van der Waals surface area (Å²) in [4.78, 5) is 3.33. The quantitative estimate of drug-likeness (QED) is 0.796. The van der Waals surface area contributed by atoms with E-state index in [0.29, 0.717) is 31.1 Å². The van der Waals surface area contributed by atoms with Gasteiger partial charge in [0.2, 0.25) is 10.0 Å². The molecule has 1 atom stereocenters. The third-order valence-corrected chi connectivity index (χ3v) is 5.46. The van der Waals surface area contributed by atoms with Crippen LogP contribution in [0.1, 0.15) is 31.9 Å². The lowest BCUT2D eigenvalue weighted by Gasteiger charge is -2.31. The molecular weight excluding hydrogens is 290 g/mol. The van der Waals surface area contributed by atoms with Gasteiger partial charge in [0, 0.05) is 38.1 Å². The number of hydrogen-bond donors (Lipinski definition) is 2. The molecule has 1 unspecified atom stereocenters. The van der Waals surface area contributed by atoms with Gasteiger partial charge in [-0.3, -0.25) is 0 Å². The zero-order chi connectivity index (χ0) is 15.3. The highest BCUT2D eigenvalue weighted by molar-refractivity contribution is 7.89. The molecule has 1 saturated heterocycles. The van der Waals surface area contributed by atoms with Crippen LogP contribution in [0.15, 0.2) is 17.2 Å². The van der Waals surface area contributed by atoms with Crippen molar-refractivity contribution < 1.29 is 13.2 Å². The van der Waals surface area contributed by atoms with E-state index in [1.807, 2.05) is 7.05 Å². The molecule has 2 N–H and O–H groups in total. The van der Waals surface area contributed by atoms with Crippen molar-refractivity contribution in [1.82, 2.24) is 14.6 Å². The van der Waals surface area contributed by atoms with Gasteiger partial charge in [0.15, 0.2) is 0 Å². The highest BCUT2D eigenvalue weighted by Gasteiger charge is 2.31. The molecule has 1 aromatic heterocycles. The SMILES string of the molecule is CCCOC1CCCN(S(=O)(=O)c2c[nH]c(CNC)c2)C1. The molecule has 21 heavy (non-hydrogen) atoms. The van der Waals surface area contributed by atoms with Gasteiger partial charge in [-0.1, -0.05) is 6.92 Å². The minimum Gasteiger partial charge on any atom is -0.377 e. The van der Waals surface area contributed by atoms with Gasteiger partial charge < -0.3 is 15.0 Å². The topological polar surface area (TPSA) is 74.4 Å². The standard InChI is InChI=1S/C14H25N3O3S/c1-3-7-20-13-5-4-6-17(11-13)21(18,19)14-8-12(9-15-2)16-10-14/h8,10,13,15-16H,3-7,9,11H2,1-2H3. The largest absolute Gasteiger partial charge is 0.377 e. The molecule has 2 rings (SSSR count). The van der Waals surface area contributed by atoms with Crippen LogP contribution in [0.4, 0.5) is 0 Å². The zero-order valence-electron chi connectivity index (χ0n) is 12.8. The monoisotopic (exact) mass is 315 g/mol. The molecule has 2 heterocycles. The summed E-state index contributed by atoms with van der Waals surface area (Å²) in [5, 5.41) is 3.00. The van der Waals surface area contributed by atoms with E-state index in [9.17, 15) is 8.42 Å². The Morgan fingerprint density at radius 1 is 1.52 bits per heavy atom. The van der Waals surface area contributed by atoms with Crippen molar-refractivity contribution in [3.63, 3.8) is 0 Å². The number of rotatable bonds is 7. The molecule has 7 heteroatoms. The second-order valence-electron chi connectivity index (χ2n) is 5.39. The highest BCUT2D eigenvalue weighted by atomic mass is 32.2. The minimum absolute atomic E-state index is 0.0178. The summed E-state index contributed by atoms with van der Waals surface area (Å²) < 4.78 is 32.6. The van der Waals surface area contributed by atoms with Crippen molar-refractivity contribution >= 4 is 10.0 Å². The van der Waals surface area contributed by atoms with Crippen LogP contribution in [0.2, 0.25) is 0 Å². The summed E-state index contributed by atoms with van der Waals surface area (Å²) in [5.41, 5.74) is 0.867. The van der Waals surface area contributed by atoms with Crippen LogP contribution < -0.4 is 5.32 Å². The average Bonchev–Trinajstić information content (AvgIpc) is 2.95. The first-order valence-corrected chi connectivity index (χ1v) is 8.95. The van der Waals surface area contributed by atoms with Crippen molar-refractivity contribution in [1.29, 1.82) is 0 Å². The molecule has 1 aromatic rings. The van der Waals surface area contributed by atoms with Crippen LogP contribution in [0.5, 0.6) is 0 Å². The lowest BCUT2D eigenvalue weighted by Crippen LogP contribution is -2.43. The van der Waals surface area contributed by atoms with E-state index < -0.39 is 10.0 Å². The number of ether oxygens (including phenoxy) is 1. The van der Waals surface area contributed by atoms with Gasteiger partial charge in [-0.15, -0.1) is 0 Å². The lowest BCUT2D eigenvalue weighted by atomic mass is 10.1. The van der Waals surface area contributed by atoms with Gasteiger partial charge in [-0.05, 0) is 32.4 Å². The van der Waals surface area contributed by atoms with E-state index in [1.165, 1.54) is 0 Å². The molecule has 0 spiro atoms. The molecule has 1 aliphatic rings. The Bertz CT molecular complexity index is 541. The first kappa shape index (κ1) is 16.5. The van der Waals surface area contributed by atoms with Gasteiger partial charge >= 0.3 is 0 Å². The number of aromatic amines is 1. The molecule has 0 bridgehead atoms. The Morgan fingerprint density at radius 2 is 2.33 bits per heavy atom. The molecule has 120 valence electrons. The maximum atomic E-state index is 12.7. The van der Waals surface area contributed by atoms with Crippen molar-refractivity contribution in [3.8, 4) is 0 Å². The van der Waals surface area contributed by atoms with Crippen molar-refractivity contribution in [2.24, 2.45) is 0 Å². The third-order valence-electron chi connectivity index (χ3n) is 3.62. The summed E-state index contributed by atoms with van der Waals surface area (Å²) in [6, 6.07) is 1.70. The molecule has 0 amide bonds. The Hall–Kier alpha value is -0.890. The smallest absolute Gasteiger partial charge is 0.244 e. The van der Waals surface area contributed by atoms with Gasteiger partial charge in [0.05, 0.1) is 11.0 Å². The van der Waals surface area contributed by atoms with Crippen molar-refractivity contribution in [3.05, 3.63) is 18.0 Å². The van der Waals surface area contributed by atoms with Crippen LogP contribution >= 0.6 is 0 Å². The predicted octanol–water partition coefficient (Wildman–Crippen LogP) is 1.31. The Labute approximate surface area is 126 Å². The Kier molecular flexibility index (Phi) is 5.80. The fraction of sp³-hybridized carbons (Fsp3) is 0.714. The van der Waals surface area contributed by atoms with E-state index in [2.05, 4.69) is 17.2 Å². The second-order valence-corrected chi connectivity index (χ2v) is 7.33. The predicted molar refractivity (Wildman–Crippen MR) is 81.6 cm³/mol. The second kappa shape index (κ2) is 7.40. The van der Waals surface area contributed by atoms with Crippen LogP contribution in [0.3, 0.4) is 0 Å². The maximum Gasteiger partial charge on any atom is 0.244 e. The van der Waals surface area contributed by atoms with Crippen molar-refractivity contribution in [2.45, 2.75) is 43.7 Å². The number of nitrogens with one attached hydrogen (secondary N) is 2. The Morgan fingerprint density at radius 3 is 3.05 bits per heavy atom. The van der Waals surface area contributed by atoms with E-state index in [4.69, 9.17) is 4.74 Å². The molecule has 0 saturated carbocycles. The number of H-pyrrole nitrogens is 1. The fourth-order valence-corrected chi connectivity index (χ4v) is 4.08. The van der Waals surface area contributed by atoms with Crippen LogP contribution in [-0.2, 0) is 21.3 Å². The first-order valence-electron chi connectivity index (χ1n) is 7.51. The zero-order valence-corrected chi connectivity index (χ0v) is 13.6. The number of piperidine rings is 1. The molecule has 0 aromatic carbocycles. The van der Waals surface area contributed by atoms with Gasteiger partial charge in [-0.25, -0.2) is 8.42 Å². The van der Waals surface area contributed by atoms with Gasteiger partial charge in [0.1, 0.15) is 0 Å². The van der Waals surface area contributed by atoms with Gasteiger partial charge in [0.25, 0.3) is 0 Å². The van der Waals surface area contributed by atoms with Crippen LogP contribution in [0, 0.1) is 0 Å². The summed E-state index contributed by atoms with van der Waals surface area (Å²) in [6.45, 7) is 4.39. The lowest BCUT2D eigenvalue weighted by molar-refractivity contribution is 0.0193. The Balaban J connectivity index is 2.06. The summed E-state index contributed by atoms with van der Waals surface area (Å²) in [7, 11) is -1.59. The van der Waals surface area contributed by atoms with E-state index in [-0.39, 0.29) is 6.10 Å². The number of aromatic nitrogens is 1. The van der Waals surface area contributed by atoms with Crippen molar-refractivity contribution in [2.75, 3.05) is 26.7 Å². The summed E-state index contributed by atoms with van der Waals surface area (Å²) in [5.74, 6) is 0. The molecule has 1 aliphatic heterocycles. The molecule has 0 radical (unpaired) electrons. The maximum absolute atomic E-state index is 12.7. The summed E-state index contributed by atoms with van der Waals surface area (Å²) >= 11 is 0. The molecule has 1 fully saturated rings. The van der Waals surface area contributed by atoms with Crippen LogP contribution in [-0.4, -0.2) is 50.6 Å². The van der Waals surface area contributed by atoms with E-state index >= 15 is 0 Å². The summed E-state index contributed by atoms with van der Waals surface area (Å²) in [6.07, 6.45) is 4.32. The van der Waals surface area contributed by atoms with Gasteiger partial charge in [-0.2, -0.15) is 4.31 Å². The normalized spacial score (nSPS) is 20.8. The number of nitrogens with zero attached hydrogens (tertiary/aromatic N) is 1. The molecule has 0 aliphatic carbocycles. The van der Waals surface area contributed by atoms with E-state index in [1.54, 1.807) is 16.6 Å². The fourth-order valence-electron chi connectivity index (χ4n) is 2.55. The first-order chi connectivity index (χ1) is 10.1. The van der Waals surface area contributed by atoms with Crippen LogP contribution in [0.25, 0.3) is 0 Å². The molecule has 6 nitrogen and oxygen atoms in total. The highest BCUT2D eigenvalue weighted by Crippen LogP contribution is 2.22. The number of sulfonamides is 1.